The summed E-state index contributed by atoms with van der Waals surface area (Å²) in [5.41, 5.74) is 0.676. The number of aliphatic hydroxyl groups is 2. The smallest absolute Gasteiger partial charge is 0.338 e. The van der Waals surface area contributed by atoms with Crippen LogP contribution in [0.2, 0.25) is 0 Å². The summed E-state index contributed by atoms with van der Waals surface area (Å²) in [6.07, 6.45) is 2.73. The number of methoxy groups -OCH3 is 1. The summed E-state index contributed by atoms with van der Waals surface area (Å²) >= 11 is 0. The van der Waals surface area contributed by atoms with Gasteiger partial charge in [-0.2, -0.15) is 0 Å². The fraction of sp³-hybridized carbons (Fsp3) is 0.429. The van der Waals surface area contributed by atoms with Crippen molar-refractivity contribution in [2.24, 2.45) is 0 Å². The van der Waals surface area contributed by atoms with Crippen molar-refractivity contribution in [1.82, 2.24) is 0 Å². The van der Waals surface area contributed by atoms with Gasteiger partial charge in [0, 0.05) is 25.4 Å². The molecule has 2 aliphatic heterocycles. The van der Waals surface area contributed by atoms with Crippen LogP contribution in [0.3, 0.4) is 0 Å². The van der Waals surface area contributed by atoms with Crippen LogP contribution in [0.4, 0.5) is 0 Å². The van der Waals surface area contributed by atoms with Crippen molar-refractivity contribution in [2.75, 3.05) is 46.8 Å². The molecule has 2 aromatic rings. The standard InChI is InChI=1S/C21H20O9.2C7H12O3.H2O/c1-25-14-6-2-12(3-7-14)20(22)28-16-10-26-19-17(11-27-18(16)19)29-21(23)13-4-8-15(30-24)9-5-13;2*1-2-7(9)10-6-4-3-5-8;/h2-9,16-19,24H,10-11H2,1H3;2*2,8H,1,3-6H2;1H2/t16?,17-,18?,19?;;;/m1.../s1. The summed E-state index contributed by atoms with van der Waals surface area (Å²) in [7, 11) is 1.54. The quantitative estimate of drug-likeness (QED) is 0.0563. The average molecular weight is 723 g/mol. The van der Waals surface area contributed by atoms with Crippen molar-refractivity contribution >= 4 is 23.9 Å². The van der Waals surface area contributed by atoms with Crippen molar-refractivity contribution < 1.29 is 78.2 Å². The average Bonchev–Trinajstić information content (AvgIpc) is 3.74. The van der Waals surface area contributed by atoms with Crippen LogP contribution in [-0.2, 0) is 38.0 Å². The van der Waals surface area contributed by atoms with Gasteiger partial charge in [-0.15, -0.1) is 0 Å². The third-order valence-corrected chi connectivity index (χ3v) is 6.93. The van der Waals surface area contributed by atoms with Crippen molar-refractivity contribution in [3.8, 4) is 11.5 Å². The van der Waals surface area contributed by atoms with Gasteiger partial charge in [0.25, 0.3) is 0 Å². The first-order valence-corrected chi connectivity index (χ1v) is 15.7. The maximum atomic E-state index is 12.4. The normalized spacial score (nSPS) is 18.0. The van der Waals surface area contributed by atoms with E-state index in [4.69, 9.17) is 39.2 Å². The highest BCUT2D eigenvalue weighted by molar-refractivity contribution is 5.90. The Hall–Kier alpha value is -4.84. The van der Waals surface area contributed by atoms with Gasteiger partial charge < -0.3 is 53.7 Å². The van der Waals surface area contributed by atoms with Gasteiger partial charge in [-0.3, -0.25) is 0 Å². The molecule has 0 aliphatic carbocycles. The molecule has 282 valence electrons. The van der Waals surface area contributed by atoms with E-state index in [0.29, 0.717) is 55.8 Å². The number of unbranched alkanes of at least 4 members (excludes halogenated alkanes) is 2. The van der Waals surface area contributed by atoms with Gasteiger partial charge in [0.1, 0.15) is 18.0 Å². The molecule has 5 N–H and O–H groups in total. The van der Waals surface area contributed by atoms with Gasteiger partial charge in [-0.1, -0.05) is 13.2 Å². The molecule has 0 radical (unpaired) electrons. The number of rotatable bonds is 16. The number of carbonyl (C=O) groups excluding carboxylic acids is 4. The van der Waals surface area contributed by atoms with Gasteiger partial charge in [0.2, 0.25) is 0 Å². The number of hydrogen-bond donors (Lipinski definition) is 3. The minimum absolute atomic E-state index is 0. The van der Waals surface area contributed by atoms with Gasteiger partial charge >= 0.3 is 23.9 Å². The second-order valence-corrected chi connectivity index (χ2v) is 10.4. The molecule has 16 heteroatoms. The third-order valence-electron chi connectivity index (χ3n) is 6.93. The van der Waals surface area contributed by atoms with Gasteiger partial charge in [0.15, 0.2) is 18.0 Å². The number of hydrogen-bond acceptors (Lipinski definition) is 15. The first kappa shape index (κ1) is 44.2. The van der Waals surface area contributed by atoms with Crippen LogP contribution in [0.5, 0.6) is 11.5 Å². The Morgan fingerprint density at radius 1 is 0.706 bits per heavy atom. The first-order valence-electron chi connectivity index (χ1n) is 15.7. The van der Waals surface area contributed by atoms with E-state index in [1.807, 2.05) is 0 Å². The lowest BCUT2D eigenvalue weighted by atomic mass is 10.1. The highest BCUT2D eigenvalue weighted by Gasteiger charge is 2.51. The SMILES string of the molecule is C=CC(=O)OCCCCO.C=CC(=O)OCCCCO.COc1ccc(C(=O)OC2COC3C2OC[C@H]3OC(=O)c2ccc(OO)cc2)cc1.O. The second-order valence-electron chi connectivity index (χ2n) is 10.4. The molecule has 2 aliphatic rings. The van der Waals surface area contributed by atoms with E-state index in [9.17, 15) is 19.2 Å². The number of carbonyl (C=O) groups is 4. The molecule has 0 bridgehead atoms. The van der Waals surface area contributed by atoms with Crippen molar-refractivity contribution in [1.29, 1.82) is 0 Å². The molecule has 16 nitrogen and oxygen atoms in total. The zero-order valence-electron chi connectivity index (χ0n) is 28.3. The lowest BCUT2D eigenvalue weighted by Crippen LogP contribution is -2.36. The van der Waals surface area contributed by atoms with Crippen molar-refractivity contribution in [3.05, 3.63) is 85.0 Å². The Balaban J connectivity index is 0.000000513. The maximum Gasteiger partial charge on any atom is 0.338 e. The van der Waals surface area contributed by atoms with Crippen LogP contribution >= 0.6 is 0 Å². The predicted molar refractivity (Wildman–Crippen MR) is 179 cm³/mol. The number of fused-ring (bicyclic) bond motifs is 1. The Labute approximate surface area is 295 Å². The molecule has 2 fully saturated rings. The lowest BCUT2D eigenvalue weighted by molar-refractivity contribution is -0.138. The van der Waals surface area contributed by atoms with Crippen LogP contribution in [0.1, 0.15) is 46.4 Å². The lowest BCUT2D eigenvalue weighted by Gasteiger charge is -2.17. The summed E-state index contributed by atoms with van der Waals surface area (Å²) in [4.78, 5) is 49.6. The molecule has 2 aromatic carbocycles. The Bertz CT molecular complexity index is 1240. The number of ether oxygens (including phenoxy) is 7. The zero-order valence-corrected chi connectivity index (χ0v) is 28.3. The summed E-state index contributed by atoms with van der Waals surface area (Å²) in [6.45, 7) is 7.77. The summed E-state index contributed by atoms with van der Waals surface area (Å²) < 4.78 is 36.8. The fourth-order valence-corrected chi connectivity index (χ4v) is 4.31. The van der Waals surface area contributed by atoms with Crippen LogP contribution < -0.4 is 9.62 Å². The van der Waals surface area contributed by atoms with E-state index in [2.05, 4.69) is 27.5 Å². The highest BCUT2D eigenvalue weighted by atomic mass is 17.1. The zero-order chi connectivity index (χ0) is 36.7. The topological polar surface area (TPSA) is 234 Å². The molecule has 2 heterocycles. The van der Waals surface area contributed by atoms with E-state index >= 15 is 0 Å². The maximum absolute atomic E-state index is 12.4. The largest absolute Gasteiger partial charge is 0.497 e. The molecule has 51 heavy (non-hydrogen) atoms. The summed E-state index contributed by atoms with van der Waals surface area (Å²) in [5.74, 6) is -1.02. The molecule has 0 aromatic heterocycles. The Morgan fingerprint density at radius 2 is 1.10 bits per heavy atom. The Morgan fingerprint density at radius 3 is 1.43 bits per heavy atom. The van der Waals surface area contributed by atoms with Crippen molar-refractivity contribution in [3.63, 3.8) is 0 Å². The van der Waals surface area contributed by atoms with Gasteiger partial charge in [0.05, 0.1) is 44.7 Å². The van der Waals surface area contributed by atoms with E-state index in [0.717, 1.165) is 12.2 Å². The van der Waals surface area contributed by atoms with Gasteiger partial charge in [-0.25, -0.2) is 24.4 Å². The molecule has 0 amide bonds. The number of aliphatic hydroxyl groups excluding tert-OH is 2. The van der Waals surface area contributed by atoms with E-state index < -0.39 is 48.3 Å². The van der Waals surface area contributed by atoms with E-state index in [1.54, 1.807) is 31.4 Å². The first-order chi connectivity index (χ1) is 24.2. The molecule has 4 atom stereocenters. The van der Waals surface area contributed by atoms with E-state index in [-0.39, 0.29) is 37.7 Å². The van der Waals surface area contributed by atoms with Crippen molar-refractivity contribution in [2.45, 2.75) is 50.1 Å². The fourth-order valence-electron chi connectivity index (χ4n) is 4.31. The molecular formula is C35H46O16. The molecule has 0 saturated carbocycles. The van der Waals surface area contributed by atoms with Crippen LogP contribution in [0.15, 0.2) is 73.8 Å². The molecule has 2 saturated heterocycles. The minimum atomic E-state index is -0.624. The molecule has 4 rings (SSSR count). The van der Waals surface area contributed by atoms with Gasteiger partial charge in [-0.05, 0) is 74.2 Å². The molecular weight excluding hydrogens is 676 g/mol. The second kappa shape index (κ2) is 25.2. The minimum Gasteiger partial charge on any atom is -0.497 e. The number of esters is 4. The third kappa shape index (κ3) is 15.7. The predicted octanol–water partition coefficient (Wildman–Crippen LogP) is 2.25. The monoisotopic (exact) mass is 722 g/mol. The Kier molecular flexibility index (Phi) is 21.8. The molecule has 0 spiro atoms. The van der Waals surface area contributed by atoms with Crippen LogP contribution in [0, 0.1) is 0 Å². The molecule has 3 unspecified atom stereocenters. The highest BCUT2D eigenvalue weighted by Crippen LogP contribution is 2.31. The number of benzene rings is 2. The van der Waals surface area contributed by atoms with Crippen LogP contribution in [-0.4, -0.2) is 116 Å². The van der Waals surface area contributed by atoms with E-state index in [1.165, 1.54) is 24.3 Å². The summed E-state index contributed by atoms with van der Waals surface area (Å²) in [6, 6.07) is 12.4. The van der Waals surface area contributed by atoms with Crippen LogP contribution in [0.25, 0.3) is 0 Å². The summed E-state index contributed by atoms with van der Waals surface area (Å²) in [5, 5.41) is 25.2.